The summed E-state index contributed by atoms with van der Waals surface area (Å²) in [7, 11) is 0. The van der Waals surface area contributed by atoms with Crippen molar-refractivity contribution < 1.29 is 13.2 Å². The molecule has 5 nitrogen and oxygen atoms in total. The zero-order chi connectivity index (χ0) is 19.0. The molecule has 0 radical (unpaired) electrons. The Balaban J connectivity index is 1.48. The summed E-state index contributed by atoms with van der Waals surface area (Å²) in [6.45, 7) is 0.779. The number of pyridine rings is 1. The highest BCUT2D eigenvalue weighted by Crippen LogP contribution is 2.37. The minimum absolute atomic E-state index is 0.110. The van der Waals surface area contributed by atoms with Crippen molar-refractivity contribution in [2.75, 3.05) is 13.1 Å². The van der Waals surface area contributed by atoms with Crippen LogP contribution in [0.25, 0.3) is 11.5 Å². The van der Waals surface area contributed by atoms with Crippen molar-refractivity contribution in [3.05, 3.63) is 39.9 Å². The number of fused-ring (bicyclic) bond motifs is 1. The minimum Gasteiger partial charge on any atom is -0.305 e. The van der Waals surface area contributed by atoms with Crippen molar-refractivity contribution >= 4 is 11.9 Å². The van der Waals surface area contributed by atoms with Crippen molar-refractivity contribution in [1.29, 1.82) is 0 Å². The summed E-state index contributed by atoms with van der Waals surface area (Å²) in [5, 5.41) is 0. The monoisotopic (exact) mass is 396 g/mol. The predicted molar refractivity (Wildman–Crippen MR) is 96.3 cm³/mol. The number of hydrogen-bond donors (Lipinski definition) is 1. The molecule has 4 rings (SSSR count). The summed E-state index contributed by atoms with van der Waals surface area (Å²) in [6, 6.07) is 3.63. The molecule has 0 spiro atoms. The molecule has 27 heavy (non-hydrogen) atoms. The lowest BCUT2D eigenvalue weighted by Crippen LogP contribution is -2.35. The molecular formula is C18H19F3N4OS. The van der Waals surface area contributed by atoms with E-state index in [-0.39, 0.29) is 18.4 Å². The zero-order valence-electron chi connectivity index (χ0n) is 14.6. The van der Waals surface area contributed by atoms with Gasteiger partial charge < -0.3 is 4.98 Å². The molecule has 2 aromatic heterocycles. The van der Waals surface area contributed by atoms with Crippen LogP contribution in [-0.2, 0) is 12.8 Å². The minimum atomic E-state index is -4.11. The highest BCUT2D eigenvalue weighted by atomic mass is 32.2. The van der Waals surface area contributed by atoms with Gasteiger partial charge in [-0.05, 0) is 56.2 Å². The second kappa shape index (κ2) is 7.27. The van der Waals surface area contributed by atoms with Gasteiger partial charge in [0.05, 0.1) is 11.6 Å². The summed E-state index contributed by atoms with van der Waals surface area (Å²) in [4.78, 5) is 24.7. The van der Waals surface area contributed by atoms with Crippen LogP contribution < -0.4 is 5.56 Å². The Morgan fingerprint density at radius 3 is 2.74 bits per heavy atom. The van der Waals surface area contributed by atoms with Gasteiger partial charge in [-0.1, -0.05) is 0 Å². The molecule has 2 aromatic rings. The quantitative estimate of drug-likeness (QED) is 0.804. The maximum Gasteiger partial charge on any atom is 0.391 e. The fourth-order valence-corrected chi connectivity index (χ4v) is 4.56. The molecule has 0 unspecified atom stereocenters. The third-order valence-corrected chi connectivity index (χ3v) is 6.15. The number of aromatic nitrogens is 3. The van der Waals surface area contributed by atoms with E-state index >= 15 is 0 Å². The Hall–Kier alpha value is -1.87. The summed E-state index contributed by atoms with van der Waals surface area (Å²) < 4.78 is 40.3. The summed E-state index contributed by atoms with van der Waals surface area (Å²) in [5.41, 5.74) is 2.05. The van der Waals surface area contributed by atoms with E-state index in [0.29, 0.717) is 24.6 Å². The first-order valence-corrected chi connectivity index (χ1v) is 9.75. The van der Waals surface area contributed by atoms with E-state index in [1.54, 1.807) is 6.20 Å². The average Bonchev–Trinajstić information content (AvgIpc) is 3.11. The van der Waals surface area contributed by atoms with Gasteiger partial charge in [0, 0.05) is 29.7 Å². The number of aromatic amines is 1. The van der Waals surface area contributed by atoms with Crippen molar-refractivity contribution in [3.8, 4) is 11.5 Å². The fourth-order valence-electron chi connectivity index (χ4n) is 3.58. The summed E-state index contributed by atoms with van der Waals surface area (Å²) in [5.74, 6) is -0.762. The van der Waals surface area contributed by atoms with E-state index in [9.17, 15) is 18.0 Å². The number of nitrogens with zero attached hydrogens (tertiary/aromatic N) is 3. The lowest BCUT2D eigenvalue weighted by atomic mass is 9.98. The van der Waals surface area contributed by atoms with Crippen LogP contribution in [0.5, 0.6) is 0 Å². The normalized spacial score (nSPS) is 18.6. The molecule has 1 saturated heterocycles. The van der Waals surface area contributed by atoms with Crippen molar-refractivity contribution in [2.45, 2.75) is 43.2 Å². The van der Waals surface area contributed by atoms with Gasteiger partial charge in [-0.15, -0.1) is 0 Å². The molecule has 144 valence electrons. The van der Waals surface area contributed by atoms with Crippen molar-refractivity contribution in [1.82, 2.24) is 19.3 Å². The smallest absolute Gasteiger partial charge is 0.305 e. The molecule has 0 atom stereocenters. The van der Waals surface area contributed by atoms with Crippen LogP contribution in [-0.4, -0.2) is 38.5 Å². The third kappa shape index (κ3) is 4.03. The third-order valence-electron chi connectivity index (χ3n) is 5.07. The average molecular weight is 396 g/mol. The summed E-state index contributed by atoms with van der Waals surface area (Å²) in [6.07, 6.45) is 0.261. The first kappa shape index (κ1) is 18.5. The fraction of sp³-hybridized carbons (Fsp3) is 0.500. The van der Waals surface area contributed by atoms with Gasteiger partial charge in [0.25, 0.3) is 5.56 Å². The highest BCUT2D eigenvalue weighted by molar-refractivity contribution is 7.97. The van der Waals surface area contributed by atoms with E-state index in [4.69, 9.17) is 0 Å². The van der Waals surface area contributed by atoms with Crippen LogP contribution in [0.3, 0.4) is 0 Å². The number of halogens is 3. The number of rotatable bonds is 3. The molecule has 1 fully saturated rings. The molecule has 9 heteroatoms. The number of alkyl halides is 3. The maximum absolute atomic E-state index is 12.8. The maximum atomic E-state index is 12.8. The van der Waals surface area contributed by atoms with Gasteiger partial charge in [0.1, 0.15) is 5.69 Å². The molecule has 1 aliphatic carbocycles. The Morgan fingerprint density at radius 2 is 2.00 bits per heavy atom. The summed E-state index contributed by atoms with van der Waals surface area (Å²) >= 11 is 1.42. The van der Waals surface area contributed by atoms with E-state index in [1.165, 1.54) is 11.9 Å². The lowest BCUT2D eigenvalue weighted by molar-refractivity contribution is -0.182. The Labute approximate surface area is 158 Å². The van der Waals surface area contributed by atoms with Crippen LogP contribution in [0.2, 0.25) is 0 Å². The van der Waals surface area contributed by atoms with Crippen LogP contribution in [0, 0.1) is 5.92 Å². The van der Waals surface area contributed by atoms with Crippen LogP contribution in [0.4, 0.5) is 13.2 Å². The van der Waals surface area contributed by atoms with E-state index in [0.717, 1.165) is 35.4 Å². The Morgan fingerprint density at radius 1 is 1.22 bits per heavy atom. The van der Waals surface area contributed by atoms with Crippen LogP contribution in [0.15, 0.2) is 28.0 Å². The second-order valence-electron chi connectivity index (χ2n) is 6.91. The van der Waals surface area contributed by atoms with E-state index < -0.39 is 12.1 Å². The van der Waals surface area contributed by atoms with Gasteiger partial charge in [-0.2, -0.15) is 13.2 Å². The largest absolute Gasteiger partial charge is 0.391 e. The predicted octanol–water partition coefficient (Wildman–Crippen LogP) is 3.60. The molecule has 3 heterocycles. The topological polar surface area (TPSA) is 61.9 Å². The standard InChI is InChI=1S/C18H19F3N4OS/c19-18(20,21)11-5-8-25(9-6-11)27-12-4-7-22-15(10-12)16-23-14-3-1-2-13(14)17(26)24-16/h4,7,10-11H,1-3,5-6,8-9H2,(H,23,24,26). The molecule has 0 saturated carbocycles. The molecule has 0 aromatic carbocycles. The first-order valence-electron chi connectivity index (χ1n) is 8.98. The Kier molecular flexibility index (Phi) is 4.98. The molecule has 2 aliphatic rings. The molecule has 0 amide bonds. The first-order chi connectivity index (χ1) is 12.9. The lowest BCUT2D eigenvalue weighted by Gasteiger charge is -2.31. The number of piperidine rings is 1. The molecule has 1 N–H and O–H groups in total. The molecule has 0 bridgehead atoms. The van der Waals surface area contributed by atoms with Crippen LogP contribution >= 0.6 is 11.9 Å². The van der Waals surface area contributed by atoms with Gasteiger partial charge in [-0.3, -0.25) is 9.78 Å². The molecule has 1 aliphatic heterocycles. The highest BCUT2D eigenvalue weighted by Gasteiger charge is 2.41. The number of hydrogen-bond acceptors (Lipinski definition) is 5. The molecular weight excluding hydrogens is 377 g/mol. The van der Waals surface area contributed by atoms with Gasteiger partial charge >= 0.3 is 6.18 Å². The van der Waals surface area contributed by atoms with Gasteiger partial charge in [0.15, 0.2) is 5.82 Å². The van der Waals surface area contributed by atoms with Crippen molar-refractivity contribution in [3.63, 3.8) is 0 Å². The number of aryl methyl sites for hydroxylation is 1. The SMILES string of the molecule is O=c1[nH]c(-c2cc(SN3CCC(C(F)(F)F)CC3)ccn2)nc2c1CCC2. The Bertz CT molecular complexity index is 891. The number of nitrogens with one attached hydrogen (secondary N) is 1. The van der Waals surface area contributed by atoms with Gasteiger partial charge in [0.2, 0.25) is 0 Å². The van der Waals surface area contributed by atoms with Gasteiger partial charge in [-0.25, -0.2) is 9.29 Å². The number of H-pyrrole nitrogens is 1. The van der Waals surface area contributed by atoms with Crippen LogP contribution in [0.1, 0.15) is 30.5 Å². The zero-order valence-corrected chi connectivity index (χ0v) is 15.4. The van der Waals surface area contributed by atoms with E-state index in [1.807, 2.05) is 16.4 Å². The van der Waals surface area contributed by atoms with E-state index in [2.05, 4.69) is 15.0 Å². The van der Waals surface area contributed by atoms with Crippen molar-refractivity contribution in [2.24, 2.45) is 5.92 Å². The second-order valence-corrected chi connectivity index (χ2v) is 8.08.